The van der Waals surface area contributed by atoms with Crippen molar-refractivity contribution in [3.05, 3.63) is 29.8 Å². The van der Waals surface area contributed by atoms with Crippen LogP contribution < -0.4 is 10.0 Å². The summed E-state index contributed by atoms with van der Waals surface area (Å²) in [6.07, 6.45) is 1.51. The SMILES string of the molecule is CC(CNS(=O)(=O)C1CC1)NCc1nc2ccc(F)cc2[nH]1. The van der Waals surface area contributed by atoms with Gasteiger partial charge in [0.2, 0.25) is 10.0 Å². The number of aromatic amines is 1. The zero-order valence-electron chi connectivity index (χ0n) is 12.3. The Morgan fingerprint density at radius 3 is 2.95 bits per heavy atom. The third-order valence-corrected chi connectivity index (χ3v) is 5.58. The van der Waals surface area contributed by atoms with E-state index in [1.807, 2.05) is 6.92 Å². The largest absolute Gasteiger partial charge is 0.341 e. The van der Waals surface area contributed by atoms with Crippen molar-refractivity contribution in [2.75, 3.05) is 6.54 Å². The summed E-state index contributed by atoms with van der Waals surface area (Å²) in [6, 6.07) is 4.37. The summed E-state index contributed by atoms with van der Waals surface area (Å²) in [5.41, 5.74) is 1.36. The van der Waals surface area contributed by atoms with Gasteiger partial charge in [-0.25, -0.2) is 22.5 Å². The van der Waals surface area contributed by atoms with E-state index in [0.717, 1.165) is 12.8 Å². The molecule has 8 heteroatoms. The Morgan fingerprint density at radius 2 is 2.23 bits per heavy atom. The molecule has 0 amide bonds. The quantitative estimate of drug-likeness (QED) is 0.715. The number of hydrogen-bond donors (Lipinski definition) is 3. The average Bonchev–Trinajstić information content (AvgIpc) is 3.25. The molecule has 2 aromatic rings. The van der Waals surface area contributed by atoms with Crippen molar-refractivity contribution in [1.29, 1.82) is 0 Å². The zero-order valence-corrected chi connectivity index (χ0v) is 13.1. The topological polar surface area (TPSA) is 86.9 Å². The highest BCUT2D eigenvalue weighted by Crippen LogP contribution is 2.27. The molecular weight excluding hydrogens is 307 g/mol. The van der Waals surface area contributed by atoms with Crippen LogP contribution in [-0.4, -0.2) is 36.2 Å². The Balaban J connectivity index is 1.52. The van der Waals surface area contributed by atoms with Crippen LogP contribution in [0.15, 0.2) is 18.2 Å². The minimum absolute atomic E-state index is 0.0292. The third-order valence-electron chi connectivity index (χ3n) is 3.66. The number of benzene rings is 1. The minimum Gasteiger partial charge on any atom is -0.341 e. The molecule has 1 atom stereocenters. The summed E-state index contributed by atoms with van der Waals surface area (Å²) < 4.78 is 39.2. The van der Waals surface area contributed by atoms with Gasteiger partial charge in [-0.3, -0.25) is 0 Å². The van der Waals surface area contributed by atoms with Crippen LogP contribution in [0.1, 0.15) is 25.6 Å². The summed E-state index contributed by atoms with van der Waals surface area (Å²) in [4.78, 5) is 7.39. The Hall–Kier alpha value is -1.51. The number of nitrogens with zero attached hydrogens (tertiary/aromatic N) is 1. The lowest BCUT2D eigenvalue weighted by Crippen LogP contribution is -2.39. The molecule has 1 aromatic heterocycles. The molecule has 0 spiro atoms. The maximum absolute atomic E-state index is 13.1. The first kappa shape index (κ1) is 15.4. The van der Waals surface area contributed by atoms with Gasteiger partial charge in [-0.15, -0.1) is 0 Å². The molecule has 0 saturated heterocycles. The second-order valence-corrected chi connectivity index (χ2v) is 7.77. The molecule has 0 bridgehead atoms. The third kappa shape index (κ3) is 3.63. The highest BCUT2D eigenvalue weighted by Gasteiger charge is 2.35. The van der Waals surface area contributed by atoms with Crippen LogP contribution in [0.25, 0.3) is 11.0 Å². The number of rotatable bonds is 7. The zero-order chi connectivity index (χ0) is 15.7. The van der Waals surface area contributed by atoms with Crippen LogP contribution in [-0.2, 0) is 16.6 Å². The fourth-order valence-corrected chi connectivity index (χ4v) is 3.67. The van der Waals surface area contributed by atoms with Crippen molar-refractivity contribution in [1.82, 2.24) is 20.0 Å². The number of imidazole rings is 1. The molecule has 1 heterocycles. The van der Waals surface area contributed by atoms with Crippen molar-refractivity contribution in [2.24, 2.45) is 0 Å². The second-order valence-electron chi connectivity index (χ2n) is 5.72. The molecule has 0 radical (unpaired) electrons. The first-order chi connectivity index (χ1) is 10.4. The maximum Gasteiger partial charge on any atom is 0.214 e. The standard InChI is InChI=1S/C14H19FN4O2S/c1-9(7-17-22(20,21)11-3-4-11)16-8-14-18-12-5-2-10(15)6-13(12)19-14/h2,5-6,9,11,16-17H,3-4,7-8H2,1H3,(H,18,19). The summed E-state index contributed by atoms with van der Waals surface area (Å²) >= 11 is 0. The van der Waals surface area contributed by atoms with Gasteiger partial charge in [0.25, 0.3) is 0 Å². The van der Waals surface area contributed by atoms with Crippen molar-refractivity contribution >= 4 is 21.1 Å². The van der Waals surface area contributed by atoms with Gasteiger partial charge in [-0.2, -0.15) is 0 Å². The maximum atomic E-state index is 13.1. The highest BCUT2D eigenvalue weighted by atomic mass is 32.2. The van der Waals surface area contributed by atoms with Gasteiger partial charge >= 0.3 is 0 Å². The normalized spacial score (nSPS) is 17.0. The van der Waals surface area contributed by atoms with E-state index in [1.54, 1.807) is 6.07 Å². The summed E-state index contributed by atoms with van der Waals surface area (Å²) in [6.45, 7) is 2.70. The van der Waals surface area contributed by atoms with Crippen molar-refractivity contribution in [3.63, 3.8) is 0 Å². The van der Waals surface area contributed by atoms with Gasteiger partial charge in [-0.05, 0) is 38.0 Å². The van der Waals surface area contributed by atoms with Gasteiger partial charge in [0.05, 0.1) is 22.8 Å². The van der Waals surface area contributed by atoms with Crippen LogP contribution in [0.5, 0.6) is 0 Å². The molecular formula is C14H19FN4O2S. The number of aromatic nitrogens is 2. The summed E-state index contributed by atoms with van der Waals surface area (Å²) in [5, 5.41) is 2.99. The van der Waals surface area contributed by atoms with E-state index in [0.29, 0.717) is 29.9 Å². The lowest BCUT2D eigenvalue weighted by atomic mass is 10.3. The van der Waals surface area contributed by atoms with Crippen LogP contribution in [0, 0.1) is 5.82 Å². The molecule has 1 saturated carbocycles. The predicted octanol–water partition coefficient (Wildman–Crippen LogP) is 1.26. The second kappa shape index (κ2) is 5.94. The molecule has 1 unspecified atom stereocenters. The molecule has 1 fully saturated rings. The highest BCUT2D eigenvalue weighted by molar-refractivity contribution is 7.90. The van der Waals surface area contributed by atoms with E-state index in [9.17, 15) is 12.8 Å². The molecule has 1 aromatic carbocycles. The van der Waals surface area contributed by atoms with Crippen molar-refractivity contribution < 1.29 is 12.8 Å². The Labute approximate surface area is 128 Å². The van der Waals surface area contributed by atoms with Crippen molar-refractivity contribution in [3.8, 4) is 0 Å². The van der Waals surface area contributed by atoms with Crippen LogP contribution in [0.4, 0.5) is 4.39 Å². The average molecular weight is 326 g/mol. The Bertz CT molecular complexity index is 770. The van der Waals surface area contributed by atoms with E-state index >= 15 is 0 Å². The van der Waals surface area contributed by atoms with E-state index in [1.165, 1.54) is 12.1 Å². The van der Waals surface area contributed by atoms with Gasteiger partial charge in [0, 0.05) is 12.6 Å². The smallest absolute Gasteiger partial charge is 0.214 e. The molecule has 3 N–H and O–H groups in total. The molecule has 1 aliphatic rings. The van der Waals surface area contributed by atoms with E-state index in [4.69, 9.17) is 0 Å². The molecule has 0 aliphatic heterocycles. The lowest BCUT2D eigenvalue weighted by molar-refractivity contribution is 0.518. The lowest BCUT2D eigenvalue weighted by Gasteiger charge is -2.13. The number of fused-ring (bicyclic) bond motifs is 1. The Morgan fingerprint density at radius 1 is 1.45 bits per heavy atom. The van der Waals surface area contributed by atoms with Gasteiger partial charge in [-0.1, -0.05) is 0 Å². The first-order valence-electron chi connectivity index (χ1n) is 7.30. The molecule has 1 aliphatic carbocycles. The van der Waals surface area contributed by atoms with Crippen LogP contribution >= 0.6 is 0 Å². The van der Waals surface area contributed by atoms with Crippen LogP contribution in [0.3, 0.4) is 0 Å². The molecule has 3 rings (SSSR count). The van der Waals surface area contributed by atoms with E-state index in [2.05, 4.69) is 20.0 Å². The fraction of sp³-hybridized carbons (Fsp3) is 0.500. The predicted molar refractivity (Wildman–Crippen MR) is 82.3 cm³/mol. The number of nitrogens with one attached hydrogen (secondary N) is 3. The monoisotopic (exact) mass is 326 g/mol. The minimum atomic E-state index is -3.15. The van der Waals surface area contributed by atoms with Gasteiger partial charge in [0.1, 0.15) is 11.6 Å². The van der Waals surface area contributed by atoms with Gasteiger partial charge < -0.3 is 10.3 Å². The number of H-pyrrole nitrogens is 1. The Kier molecular flexibility index (Phi) is 4.16. The summed E-state index contributed by atoms with van der Waals surface area (Å²) in [5.74, 6) is 0.385. The number of halogens is 1. The molecule has 120 valence electrons. The number of sulfonamides is 1. The van der Waals surface area contributed by atoms with E-state index in [-0.39, 0.29) is 17.1 Å². The fourth-order valence-electron chi connectivity index (χ4n) is 2.20. The first-order valence-corrected chi connectivity index (χ1v) is 8.85. The van der Waals surface area contributed by atoms with Gasteiger partial charge in [0.15, 0.2) is 0 Å². The van der Waals surface area contributed by atoms with Crippen molar-refractivity contribution in [2.45, 2.75) is 37.6 Å². The number of hydrogen-bond acceptors (Lipinski definition) is 4. The molecule has 6 nitrogen and oxygen atoms in total. The van der Waals surface area contributed by atoms with Crippen LogP contribution in [0.2, 0.25) is 0 Å². The summed E-state index contributed by atoms with van der Waals surface area (Å²) in [7, 11) is -3.15. The molecule has 22 heavy (non-hydrogen) atoms. The van der Waals surface area contributed by atoms with E-state index < -0.39 is 10.0 Å².